The zero-order valence-corrected chi connectivity index (χ0v) is 10.2. The van der Waals surface area contributed by atoms with E-state index in [1.807, 2.05) is 0 Å². The lowest BCUT2D eigenvalue weighted by Gasteiger charge is -2.47. The zero-order chi connectivity index (χ0) is 10.7. The maximum Gasteiger partial charge on any atom is 0.0327 e. The third-order valence-corrected chi connectivity index (χ3v) is 4.24. The number of rotatable bonds is 5. The highest BCUT2D eigenvalue weighted by atomic mass is 15.2. The van der Waals surface area contributed by atoms with Crippen molar-refractivity contribution < 1.29 is 0 Å². The molecule has 2 aliphatic rings. The fraction of sp³-hybridized carbons (Fsp3) is 1.00. The van der Waals surface area contributed by atoms with Gasteiger partial charge in [0.1, 0.15) is 0 Å². The number of nitrogens with zero attached hydrogens (tertiary/aromatic N) is 1. The first-order valence-corrected chi connectivity index (χ1v) is 6.34. The van der Waals surface area contributed by atoms with Crippen LogP contribution in [0.25, 0.3) is 0 Å². The van der Waals surface area contributed by atoms with Gasteiger partial charge in [-0.05, 0) is 52.7 Å². The molecule has 2 rings (SSSR count). The Hall–Kier alpha value is -0.120. The van der Waals surface area contributed by atoms with Crippen LogP contribution < -0.4 is 10.6 Å². The molecule has 1 aliphatic carbocycles. The van der Waals surface area contributed by atoms with Gasteiger partial charge in [0.25, 0.3) is 0 Å². The molecule has 0 aromatic rings. The summed E-state index contributed by atoms with van der Waals surface area (Å²) in [5, 5.41) is 7.18. The highest BCUT2D eigenvalue weighted by Gasteiger charge is 2.38. The molecule has 1 aliphatic heterocycles. The first kappa shape index (κ1) is 11.4. The summed E-state index contributed by atoms with van der Waals surface area (Å²) in [4.78, 5) is 2.41. The molecule has 0 aromatic heterocycles. The summed E-state index contributed by atoms with van der Waals surface area (Å²) in [6, 6.07) is 0.726. The van der Waals surface area contributed by atoms with E-state index in [9.17, 15) is 0 Å². The second-order valence-electron chi connectivity index (χ2n) is 5.40. The van der Waals surface area contributed by atoms with E-state index in [0.717, 1.165) is 19.1 Å². The van der Waals surface area contributed by atoms with Gasteiger partial charge in [0.15, 0.2) is 0 Å². The second-order valence-corrected chi connectivity index (χ2v) is 5.40. The molecule has 0 radical (unpaired) electrons. The minimum absolute atomic E-state index is 0.471. The summed E-state index contributed by atoms with van der Waals surface area (Å²) >= 11 is 0. The van der Waals surface area contributed by atoms with Crippen molar-refractivity contribution in [3.8, 4) is 0 Å². The van der Waals surface area contributed by atoms with Crippen molar-refractivity contribution in [3.63, 3.8) is 0 Å². The van der Waals surface area contributed by atoms with Gasteiger partial charge in [-0.15, -0.1) is 0 Å². The largest absolute Gasteiger partial charge is 0.313 e. The van der Waals surface area contributed by atoms with Gasteiger partial charge in [-0.3, -0.25) is 0 Å². The molecule has 0 spiro atoms. The minimum Gasteiger partial charge on any atom is -0.313 e. The molecule has 3 heteroatoms. The molecular formula is C12H25N3. The van der Waals surface area contributed by atoms with Crippen LogP contribution in [-0.2, 0) is 0 Å². The van der Waals surface area contributed by atoms with E-state index in [2.05, 4.69) is 29.6 Å². The molecule has 1 heterocycles. The van der Waals surface area contributed by atoms with Crippen molar-refractivity contribution in [3.05, 3.63) is 0 Å². The predicted molar refractivity (Wildman–Crippen MR) is 64.2 cm³/mol. The highest BCUT2D eigenvalue weighted by Crippen LogP contribution is 2.35. The van der Waals surface area contributed by atoms with Gasteiger partial charge in [-0.2, -0.15) is 0 Å². The van der Waals surface area contributed by atoms with Gasteiger partial charge in [0.2, 0.25) is 0 Å². The number of likely N-dealkylation sites (N-methyl/N-ethyl adjacent to an activating group) is 1. The Morgan fingerprint density at radius 2 is 2.13 bits per heavy atom. The quantitative estimate of drug-likeness (QED) is 0.705. The number of hydrogen-bond donors (Lipinski definition) is 2. The van der Waals surface area contributed by atoms with Crippen LogP contribution in [0.5, 0.6) is 0 Å². The van der Waals surface area contributed by atoms with E-state index in [0.29, 0.717) is 5.54 Å². The Morgan fingerprint density at radius 3 is 2.60 bits per heavy atom. The molecule has 1 saturated heterocycles. The van der Waals surface area contributed by atoms with E-state index in [1.165, 1.54) is 38.6 Å². The maximum atomic E-state index is 3.65. The first-order valence-electron chi connectivity index (χ1n) is 6.34. The normalized spacial score (nSPS) is 29.4. The summed E-state index contributed by atoms with van der Waals surface area (Å²) in [7, 11) is 4.43. The van der Waals surface area contributed by atoms with Crippen molar-refractivity contribution in [1.82, 2.24) is 15.5 Å². The van der Waals surface area contributed by atoms with Crippen LogP contribution in [0.3, 0.4) is 0 Å². The monoisotopic (exact) mass is 211 g/mol. The Bertz CT molecular complexity index is 193. The van der Waals surface area contributed by atoms with Gasteiger partial charge in [-0.1, -0.05) is 0 Å². The zero-order valence-electron chi connectivity index (χ0n) is 10.2. The van der Waals surface area contributed by atoms with E-state index in [4.69, 9.17) is 0 Å². The Kier molecular flexibility index (Phi) is 3.65. The average Bonchev–Trinajstić information content (AvgIpc) is 2.61. The summed E-state index contributed by atoms with van der Waals surface area (Å²) in [6.45, 7) is 3.53. The second kappa shape index (κ2) is 4.81. The molecule has 1 unspecified atom stereocenters. The lowest BCUT2D eigenvalue weighted by atomic mass is 9.75. The van der Waals surface area contributed by atoms with Crippen molar-refractivity contribution in [2.24, 2.45) is 0 Å². The van der Waals surface area contributed by atoms with Crippen LogP contribution in [0.4, 0.5) is 0 Å². The van der Waals surface area contributed by atoms with Crippen LogP contribution in [0.1, 0.15) is 32.1 Å². The number of hydrogen-bond acceptors (Lipinski definition) is 3. The summed E-state index contributed by atoms with van der Waals surface area (Å²) in [5.41, 5.74) is 0.471. The molecule has 1 saturated carbocycles. The molecule has 0 aromatic carbocycles. The van der Waals surface area contributed by atoms with Crippen LogP contribution in [-0.4, -0.2) is 50.2 Å². The van der Waals surface area contributed by atoms with Gasteiger partial charge in [-0.25, -0.2) is 0 Å². The van der Waals surface area contributed by atoms with Crippen molar-refractivity contribution >= 4 is 0 Å². The van der Waals surface area contributed by atoms with E-state index in [-0.39, 0.29) is 0 Å². The third kappa shape index (κ3) is 2.52. The molecule has 2 N–H and O–H groups in total. The first-order chi connectivity index (χ1) is 7.23. The molecule has 0 amide bonds. The van der Waals surface area contributed by atoms with E-state index >= 15 is 0 Å². The lowest BCUT2D eigenvalue weighted by Crippen LogP contribution is -2.57. The van der Waals surface area contributed by atoms with Crippen molar-refractivity contribution in [2.45, 2.75) is 43.7 Å². The molecule has 2 fully saturated rings. The summed E-state index contributed by atoms with van der Waals surface area (Å²) in [5.74, 6) is 0. The fourth-order valence-electron chi connectivity index (χ4n) is 2.78. The van der Waals surface area contributed by atoms with Gasteiger partial charge >= 0.3 is 0 Å². The fourth-order valence-corrected chi connectivity index (χ4v) is 2.78. The Balaban J connectivity index is 1.67. The van der Waals surface area contributed by atoms with Gasteiger partial charge < -0.3 is 15.5 Å². The molecule has 3 nitrogen and oxygen atoms in total. The van der Waals surface area contributed by atoms with Crippen molar-refractivity contribution in [1.29, 1.82) is 0 Å². The predicted octanol–water partition coefficient (Wildman–Crippen LogP) is 0.812. The van der Waals surface area contributed by atoms with Crippen LogP contribution in [0.2, 0.25) is 0 Å². The Labute approximate surface area is 93.6 Å². The van der Waals surface area contributed by atoms with E-state index in [1.54, 1.807) is 0 Å². The number of nitrogens with one attached hydrogen (secondary N) is 2. The molecule has 88 valence electrons. The molecular weight excluding hydrogens is 186 g/mol. The highest BCUT2D eigenvalue weighted by molar-refractivity contribution is 4.97. The Morgan fingerprint density at radius 1 is 1.33 bits per heavy atom. The average molecular weight is 211 g/mol. The maximum absolute atomic E-state index is 3.65. The third-order valence-electron chi connectivity index (χ3n) is 4.24. The summed E-state index contributed by atoms with van der Waals surface area (Å²) in [6.07, 6.45) is 6.84. The minimum atomic E-state index is 0.471. The van der Waals surface area contributed by atoms with Gasteiger partial charge in [0, 0.05) is 24.7 Å². The molecule has 1 atom stereocenters. The van der Waals surface area contributed by atoms with Crippen LogP contribution in [0, 0.1) is 0 Å². The van der Waals surface area contributed by atoms with Crippen LogP contribution in [0.15, 0.2) is 0 Å². The topological polar surface area (TPSA) is 27.3 Å². The summed E-state index contributed by atoms with van der Waals surface area (Å²) < 4.78 is 0. The van der Waals surface area contributed by atoms with Gasteiger partial charge in [0.05, 0.1) is 0 Å². The molecule has 15 heavy (non-hydrogen) atoms. The lowest BCUT2D eigenvalue weighted by molar-refractivity contribution is 0.0598. The standard InChI is InChI=1S/C12H25N3/c1-15(2)12(6-4-7-12)10-13-9-11-5-3-8-14-11/h11,13-14H,3-10H2,1-2H3. The van der Waals surface area contributed by atoms with E-state index < -0.39 is 0 Å². The molecule has 0 bridgehead atoms. The van der Waals surface area contributed by atoms with Crippen molar-refractivity contribution in [2.75, 3.05) is 33.7 Å². The SMILES string of the molecule is CN(C)C1(CNCC2CCCN2)CCC1. The smallest absolute Gasteiger partial charge is 0.0327 e. The van der Waals surface area contributed by atoms with Crippen LogP contribution >= 0.6 is 0 Å².